The first-order chi connectivity index (χ1) is 3.81. The van der Waals surface area contributed by atoms with Crippen LogP contribution in [0.2, 0.25) is 0 Å². The molecule has 0 N–H and O–H groups in total. The van der Waals surface area contributed by atoms with E-state index in [1.165, 1.54) is 0 Å². The van der Waals surface area contributed by atoms with Crippen molar-refractivity contribution in [1.29, 1.82) is 0 Å². The third-order valence-corrected chi connectivity index (χ3v) is 0.705. The van der Waals surface area contributed by atoms with Crippen molar-refractivity contribution >= 4 is 0 Å². The molecule has 0 spiro atoms. The van der Waals surface area contributed by atoms with Gasteiger partial charge in [0.15, 0.2) is 0 Å². The molecule has 0 saturated heterocycles. The van der Waals surface area contributed by atoms with Gasteiger partial charge in [0, 0.05) is 52.2 Å². The zero-order valence-corrected chi connectivity index (χ0v) is 8.93. The Kier molecular flexibility index (Phi) is 12.7. The monoisotopic (exact) mass is 206 g/mol. The molecule has 0 heterocycles. The van der Waals surface area contributed by atoms with Gasteiger partial charge in [0.05, 0.1) is 0 Å². The third kappa shape index (κ3) is 9.02. The molecule has 0 aliphatic rings. The molecule has 0 aliphatic heterocycles. The van der Waals surface area contributed by atoms with Crippen LogP contribution in [0.3, 0.4) is 0 Å². The molecule has 9 heavy (non-hydrogen) atoms. The van der Waals surface area contributed by atoms with Gasteiger partial charge in [0.2, 0.25) is 0 Å². The van der Waals surface area contributed by atoms with Crippen molar-refractivity contribution in [3.05, 3.63) is 6.92 Å². The van der Waals surface area contributed by atoms with Crippen molar-refractivity contribution in [3.8, 4) is 0 Å². The number of ether oxygens (including phenoxy) is 2. The van der Waals surface area contributed by atoms with Crippen molar-refractivity contribution in [3.63, 3.8) is 0 Å². The average Bonchev–Trinajstić information content (AvgIpc) is 1.68. The first-order valence-electron chi connectivity index (χ1n) is 2.87. The van der Waals surface area contributed by atoms with Crippen molar-refractivity contribution in [2.24, 2.45) is 0 Å². The summed E-state index contributed by atoms with van der Waals surface area (Å²) in [6, 6.07) is 0. The maximum Gasteiger partial charge on any atom is 0.0435 e. The zero-order chi connectivity index (χ0) is 6.41. The molecule has 0 aromatic rings. The van der Waals surface area contributed by atoms with Crippen molar-refractivity contribution in [1.82, 2.24) is 0 Å². The van der Waals surface area contributed by atoms with Crippen LogP contribution in [0.15, 0.2) is 0 Å². The number of hydrogen-bond acceptors (Lipinski definition) is 2. The van der Waals surface area contributed by atoms with E-state index in [1.807, 2.05) is 13.8 Å². The van der Waals surface area contributed by atoms with Crippen LogP contribution in [-0.4, -0.2) is 19.5 Å². The van der Waals surface area contributed by atoms with E-state index in [0.717, 1.165) is 0 Å². The Hall–Kier alpha value is 1.02. The van der Waals surface area contributed by atoms with Gasteiger partial charge >= 0.3 is 0 Å². The number of rotatable bonds is 4. The Balaban J connectivity index is 0. The summed E-state index contributed by atoms with van der Waals surface area (Å²) >= 11 is 0. The summed E-state index contributed by atoms with van der Waals surface area (Å²) in [6.07, 6.45) is -0.287. The average molecular weight is 206 g/mol. The van der Waals surface area contributed by atoms with Crippen LogP contribution in [0.25, 0.3) is 0 Å². The SMILES string of the molecule is [CH2-]C(OCC)OCC.[Y]. The molecule has 0 rings (SSSR count). The molecule has 0 aromatic heterocycles. The Bertz CT molecular complexity index is 44.3. The zero-order valence-electron chi connectivity index (χ0n) is 6.09. The molecule has 0 aliphatic carbocycles. The molecule has 0 amide bonds. The maximum absolute atomic E-state index is 4.95. The molecule has 0 aromatic carbocycles. The molecule has 0 fully saturated rings. The fourth-order valence-electron chi connectivity index (χ4n) is 0.420. The van der Waals surface area contributed by atoms with E-state index in [9.17, 15) is 0 Å². The van der Waals surface area contributed by atoms with E-state index in [0.29, 0.717) is 13.2 Å². The topological polar surface area (TPSA) is 18.5 Å². The van der Waals surface area contributed by atoms with Crippen LogP contribution in [0.4, 0.5) is 0 Å². The second kappa shape index (κ2) is 9.02. The molecule has 53 valence electrons. The van der Waals surface area contributed by atoms with E-state index < -0.39 is 0 Å². The van der Waals surface area contributed by atoms with Crippen LogP contribution < -0.4 is 0 Å². The Morgan fingerprint density at radius 2 is 1.56 bits per heavy atom. The molecular formula is C6H13O2Y-. The van der Waals surface area contributed by atoms with Crippen LogP contribution in [0.5, 0.6) is 0 Å². The fraction of sp³-hybridized carbons (Fsp3) is 0.833. The molecule has 0 unspecified atom stereocenters. The summed E-state index contributed by atoms with van der Waals surface area (Å²) in [5.74, 6) is 0. The minimum Gasteiger partial charge on any atom is -0.384 e. The van der Waals surface area contributed by atoms with E-state index in [4.69, 9.17) is 9.47 Å². The molecule has 0 atom stereocenters. The van der Waals surface area contributed by atoms with Gasteiger partial charge in [0.1, 0.15) is 0 Å². The first kappa shape index (κ1) is 12.7. The molecule has 1 radical (unpaired) electrons. The van der Waals surface area contributed by atoms with E-state index >= 15 is 0 Å². The second-order valence-electron chi connectivity index (χ2n) is 1.34. The van der Waals surface area contributed by atoms with E-state index in [2.05, 4.69) is 6.92 Å². The Morgan fingerprint density at radius 1 is 1.22 bits per heavy atom. The molecule has 3 heteroatoms. The van der Waals surface area contributed by atoms with Gasteiger partial charge in [-0.25, -0.2) is 0 Å². The largest absolute Gasteiger partial charge is 0.384 e. The predicted octanol–water partition coefficient (Wildman–Crippen LogP) is 1.22. The number of hydrogen-bond donors (Lipinski definition) is 0. The first-order valence-corrected chi connectivity index (χ1v) is 2.87. The van der Waals surface area contributed by atoms with Crippen LogP contribution in [-0.2, 0) is 42.2 Å². The predicted molar refractivity (Wildman–Crippen MR) is 32.4 cm³/mol. The normalized spacial score (nSPS) is 9.33. The van der Waals surface area contributed by atoms with Crippen molar-refractivity contribution in [2.45, 2.75) is 20.1 Å². The molecule has 2 nitrogen and oxygen atoms in total. The van der Waals surface area contributed by atoms with Gasteiger partial charge in [-0.1, -0.05) is 0 Å². The molecule has 0 saturated carbocycles. The summed E-state index contributed by atoms with van der Waals surface area (Å²) in [5.41, 5.74) is 0. The van der Waals surface area contributed by atoms with Crippen LogP contribution in [0.1, 0.15) is 13.8 Å². The third-order valence-electron chi connectivity index (χ3n) is 0.705. The van der Waals surface area contributed by atoms with Gasteiger partial charge in [0.25, 0.3) is 0 Å². The van der Waals surface area contributed by atoms with Crippen molar-refractivity contribution in [2.75, 3.05) is 13.2 Å². The van der Waals surface area contributed by atoms with Crippen LogP contribution >= 0.6 is 0 Å². The van der Waals surface area contributed by atoms with Crippen molar-refractivity contribution < 1.29 is 42.2 Å². The molecule has 0 bridgehead atoms. The fourth-order valence-corrected chi connectivity index (χ4v) is 0.420. The van der Waals surface area contributed by atoms with E-state index in [-0.39, 0.29) is 39.0 Å². The second-order valence-corrected chi connectivity index (χ2v) is 1.34. The summed E-state index contributed by atoms with van der Waals surface area (Å²) in [6.45, 7) is 8.72. The Morgan fingerprint density at radius 3 is 1.78 bits per heavy atom. The van der Waals surface area contributed by atoms with Gasteiger partial charge in [-0.3, -0.25) is 6.92 Å². The minimum atomic E-state index is -0.287. The smallest absolute Gasteiger partial charge is 0.0435 e. The van der Waals surface area contributed by atoms with Crippen LogP contribution in [0, 0.1) is 6.92 Å². The molecular weight excluding hydrogens is 193 g/mol. The van der Waals surface area contributed by atoms with Gasteiger partial charge in [-0.15, -0.1) is 0 Å². The Labute approximate surface area is 82.2 Å². The van der Waals surface area contributed by atoms with Gasteiger partial charge in [-0.05, 0) is 13.8 Å². The van der Waals surface area contributed by atoms with Gasteiger partial charge < -0.3 is 9.47 Å². The standard InChI is InChI=1S/C6H13O2.Y/c1-4-7-6(3)8-5-2;/h6H,3-5H2,1-2H3;/q-1;. The summed E-state index contributed by atoms with van der Waals surface area (Å²) in [7, 11) is 0. The van der Waals surface area contributed by atoms with Gasteiger partial charge in [-0.2, -0.15) is 0 Å². The quantitative estimate of drug-likeness (QED) is 0.508. The summed E-state index contributed by atoms with van der Waals surface area (Å²) in [5, 5.41) is 0. The summed E-state index contributed by atoms with van der Waals surface area (Å²) in [4.78, 5) is 0. The minimum absolute atomic E-state index is 0. The summed E-state index contributed by atoms with van der Waals surface area (Å²) < 4.78 is 9.90. The maximum atomic E-state index is 4.95. The van der Waals surface area contributed by atoms with E-state index in [1.54, 1.807) is 0 Å².